The van der Waals surface area contributed by atoms with Gasteiger partial charge in [0, 0.05) is 24.8 Å². The van der Waals surface area contributed by atoms with Gasteiger partial charge in [-0.15, -0.1) is 22.7 Å². The van der Waals surface area contributed by atoms with Crippen LogP contribution < -0.4 is 5.73 Å². The topological polar surface area (TPSA) is 26.0 Å². The lowest BCUT2D eigenvalue weighted by Crippen LogP contribution is -2.11. The smallest absolute Gasteiger partial charge is 0.124 e. The van der Waals surface area contributed by atoms with Crippen molar-refractivity contribution in [2.45, 2.75) is 12.5 Å². The summed E-state index contributed by atoms with van der Waals surface area (Å²) in [5.74, 6) is -0.233. The van der Waals surface area contributed by atoms with Gasteiger partial charge in [0.05, 0.1) is 0 Å². The van der Waals surface area contributed by atoms with Crippen molar-refractivity contribution in [3.05, 3.63) is 56.4 Å². The van der Waals surface area contributed by atoms with Crippen LogP contribution in [0.15, 0.2) is 40.2 Å². The zero-order valence-electron chi connectivity index (χ0n) is 9.90. The van der Waals surface area contributed by atoms with E-state index in [0.717, 1.165) is 14.9 Å². The summed E-state index contributed by atoms with van der Waals surface area (Å²) in [4.78, 5) is 1.15. The molecule has 1 unspecified atom stereocenters. The summed E-state index contributed by atoms with van der Waals surface area (Å²) in [5, 5.41) is 2.08. The van der Waals surface area contributed by atoms with Crippen LogP contribution in [0, 0.1) is 5.82 Å². The van der Waals surface area contributed by atoms with Crippen LogP contribution in [0.2, 0.25) is 0 Å². The number of nitrogens with two attached hydrogens (primary N) is 1. The lowest BCUT2D eigenvalue weighted by Gasteiger charge is -2.10. The van der Waals surface area contributed by atoms with E-state index in [1.165, 1.54) is 15.5 Å². The average Bonchev–Trinajstić information content (AvgIpc) is 2.86. The van der Waals surface area contributed by atoms with Crippen molar-refractivity contribution < 1.29 is 4.39 Å². The molecule has 0 aliphatic carbocycles. The number of hydrogen-bond acceptors (Lipinski definition) is 3. The minimum atomic E-state index is -0.233. The highest BCUT2D eigenvalue weighted by Gasteiger charge is 2.12. The maximum atomic E-state index is 13.3. The highest BCUT2D eigenvalue weighted by molar-refractivity contribution is 9.10. The molecule has 0 saturated carbocycles. The fraction of sp³-hybridized carbons (Fsp3) is 0.143. The molecule has 1 nitrogen and oxygen atoms in total. The zero-order valence-corrected chi connectivity index (χ0v) is 13.1. The monoisotopic (exact) mass is 355 g/mol. The normalized spacial score (nSPS) is 13.0. The Morgan fingerprint density at radius 3 is 2.79 bits per heavy atom. The second kappa shape index (κ2) is 5.32. The first-order valence-corrected chi connectivity index (χ1v) is 8.28. The Bertz CT molecular complexity index is 670. The van der Waals surface area contributed by atoms with Crippen LogP contribution in [-0.4, -0.2) is 0 Å². The van der Waals surface area contributed by atoms with Crippen LogP contribution >= 0.6 is 38.6 Å². The van der Waals surface area contributed by atoms with Crippen molar-refractivity contribution in [2.24, 2.45) is 5.73 Å². The quantitative estimate of drug-likeness (QED) is 0.694. The number of thiophene rings is 2. The molecular formula is C14H11BrFNS2. The zero-order chi connectivity index (χ0) is 13.4. The third kappa shape index (κ3) is 2.89. The standard InChI is InChI=1S/C14H11BrFNS2/c15-9-3-8(4-10(16)6-9)5-11(17)13-7-14-12(19-13)1-2-18-14/h1-4,6-7,11H,5,17H2. The molecule has 2 aromatic heterocycles. The van der Waals surface area contributed by atoms with Crippen LogP contribution in [0.1, 0.15) is 16.5 Å². The summed E-state index contributed by atoms with van der Waals surface area (Å²) in [5.41, 5.74) is 7.14. The summed E-state index contributed by atoms with van der Waals surface area (Å²) in [6.45, 7) is 0. The van der Waals surface area contributed by atoms with Crippen LogP contribution in [0.4, 0.5) is 4.39 Å². The Morgan fingerprint density at radius 1 is 1.21 bits per heavy atom. The molecule has 5 heteroatoms. The molecule has 0 fully saturated rings. The van der Waals surface area contributed by atoms with Gasteiger partial charge < -0.3 is 5.73 Å². The fourth-order valence-corrected chi connectivity index (χ4v) is 4.68. The molecule has 0 radical (unpaired) electrons. The Kier molecular flexibility index (Phi) is 3.71. The maximum Gasteiger partial charge on any atom is 0.124 e. The molecule has 0 amide bonds. The number of rotatable bonds is 3. The van der Waals surface area contributed by atoms with Crippen LogP contribution in [0.5, 0.6) is 0 Å². The van der Waals surface area contributed by atoms with E-state index in [1.807, 2.05) is 6.07 Å². The van der Waals surface area contributed by atoms with Crippen LogP contribution in [-0.2, 0) is 6.42 Å². The minimum Gasteiger partial charge on any atom is -0.323 e. The first kappa shape index (κ1) is 13.2. The predicted octanol–water partition coefficient (Wildman–Crippen LogP) is 5.11. The summed E-state index contributed by atoms with van der Waals surface area (Å²) in [6.07, 6.45) is 0.643. The summed E-state index contributed by atoms with van der Waals surface area (Å²) < 4.78 is 16.6. The van der Waals surface area contributed by atoms with Crippen LogP contribution in [0.3, 0.4) is 0 Å². The van der Waals surface area contributed by atoms with Gasteiger partial charge in [0.1, 0.15) is 5.82 Å². The molecule has 19 heavy (non-hydrogen) atoms. The lowest BCUT2D eigenvalue weighted by atomic mass is 10.1. The first-order chi connectivity index (χ1) is 9.11. The Labute approximate surface area is 127 Å². The Balaban J connectivity index is 1.84. The molecule has 0 aliphatic rings. The molecule has 2 N–H and O–H groups in total. The van der Waals surface area contributed by atoms with Crippen molar-refractivity contribution in [2.75, 3.05) is 0 Å². The molecule has 3 aromatic rings. The van der Waals surface area contributed by atoms with Gasteiger partial charge in [-0.2, -0.15) is 0 Å². The number of halogens is 2. The van der Waals surface area contributed by atoms with E-state index in [9.17, 15) is 4.39 Å². The third-order valence-corrected chi connectivity index (χ3v) is 5.58. The van der Waals surface area contributed by atoms with E-state index in [4.69, 9.17) is 5.73 Å². The second-order valence-electron chi connectivity index (χ2n) is 4.39. The molecule has 0 spiro atoms. The van der Waals surface area contributed by atoms with E-state index < -0.39 is 0 Å². The predicted molar refractivity (Wildman–Crippen MR) is 84.4 cm³/mol. The summed E-state index contributed by atoms with van der Waals surface area (Å²) >= 11 is 6.75. The number of benzene rings is 1. The van der Waals surface area contributed by atoms with Gasteiger partial charge in [-0.3, -0.25) is 0 Å². The van der Waals surface area contributed by atoms with Gasteiger partial charge in [0.25, 0.3) is 0 Å². The van der Waals surface area contributed by atoms with Gasteiger partial charge in [0.2, 0.25) is 0 Å². The SMILES string of the molecule is NC(Cc1cc(F)cc(Br)c1)c1cc2sccc2s1. The highest BCUT2D eigenvalue weighted by Crippen LogP contribution is 2.33. The lowest BCUT2D eigenvalue weighted by molar-refractivity contribution is 0.621. The van der Waals surface area contributed by atoms with Gasteiger partial charge in [0.15, 0.2) is 0 Å². The van der Waals surface area contributed by atoms with Crippen molar-refractivity contribution in [1.82, 2.24) is 0 Å². The van der Waals surface area contributed by atoms with Crippen LogP contribution in [0.25, 0.3) is 9.40 Å². The molecule has 2 heterocycles. The van der Waals surface area contributed by atoms with Crippen molar-refractivity contribution in [3.8, 4) is 0 Å². The van der Waals surface area contributed by atoms with Crippen molar-refractivity contribution >= 4 is 48.0 Å². The third-order valence-electron chi connectivity index (χ3n) is 2.90. The molecule has 1 aromatic carbocycles. The molecule has 1 atom stereocenters. The highest BCUT2D eigenvalue weighted by atomic mass is 79.9. The van der Waals surface area contributed by atoms with E-state index in [1.54, 1.807) is 28.7 Å². The van der Waals surface area contributed by atoms with Crippen molar-refractivity contribution in [1.29, 1.82) is 0 Å². The molecule has 0 bridgehead atoms. The van der Waals surface area contributed by atoms with Gasteiger partial charge in [-0.1, -0.05) is 15.9 Å². The number of hydrogen-bond donors (Lipinski definition) is 1. The largest absolute Gasteiger partial charge is 0.323 e. The van der Waals surface area contributed by atoms with E-state index in [0.29, 0.717) is 6.42 Å². The minimum absolute atomic E-state index is 0.0849. The van der Waals surface area contributed by atoms with E-state index in [-0.39, 0.29) is 11.9 Å². The first-order valence-electron chi connectivity index (χ1n) is 5.79. The summed E-state index contributed by atoms with van der Waals surface area (Å²) in [7, 11) is 0. The molecule has 98 valence electrons. The molecular weight excluding hydrogens is 345 g/mol. The number of fused-ring (bicyclic) bond motifs is 1. The Morgan fingerprint density at radius 2 is 2.05 bits per heavy atom. The van der Waals surface area contributed by atoms with Crippen molar-refractivity contribution in [3.63, 3.8) is 0 Å². The van der Waals surface area contributed by atoms with E-state index >= 15 is 0 Å². The molecule has 0 saturated heterocycles. The Hall–Kier alpha value is -0.750. The van der Waals surface area contributed by atoms with Gasteiger partial charge in [-0.25, -0.2) is 4.39 Å². The summed E-state index contributed by atoms with van der Waals surface area (Å²) in [6, 6.07) is 9.08. The van der Waals surface area contributed by atoms with Gasteiger partial charge in [-0.05, 0) is 47.7 Å². The maximum absolute atomic E-state index is 13.3. The van der Waals surface area contributed by atoms with Gasteiger partial charge >= 0.3 is 0 Å². The van der Waals surface area contributed by atoms with E-state index in [2.05, 4.69) is 33.4 Å². The second-order valence-corrected chi connectivity index (χ2v) is 7.36. The average molecular weight is 356 g/mol. The molecule has 3 rings (SSSR count). The fourth-order valence-electron chi connectivity index (χ4n) is 2.05. The molecule has 0 aliphatic heterocycles.